The average Bonchev–Trinajstić information content (AvgIpc) is 2.38. The second-order valence-corrected chi connectivity index (χ2v) is 4.00. The summed E-state index contributed by atoms with van der Waals surface area (Å²) in [6.07, 6.45) is 3.16. The first-order chi connectivity index (χ1) is 8.31. The molecule has 0 radical (unpaired) electrons. The van der Waals surface area contributed by atoms with Crippen LogP contribution in [0.15, 0.2) is 18.5 Å². The molecule has 0 bridgehead atoms. The van der Waals surface area contributed by atoms with Gasteiger partial charge in [0.05, 0.1) is 31.0 Å². The second-order valence-electron chi connectivity index (χ2n) is 4.00. The summed E-state index contributed by atoms with van der Waals surface area (Å²) in [5.41, 5.74) is 0.513. The van der Waals surface area contributed by atoms with Crippen LogP contribution < -0.4 is 4.74 Å². The monoisotopic (exact) mass is 233 g/mol. The van der Waals surface area contributed by atoms with Gasteiger partial charge in [0.2, 0.25) is 0 Å². The van der Waals surface area contributed by atoms with E-state index in [4.69, 9.17) is 14.7 Å². The number of aromatic nitrogens is 1. The summed E-state index contributed by atoms with van der Waals surface area (Å²) in [5, 5.41) is 8.91. The van der Waals surface area contributed by atoms with E-state index in [0.717, 1.165) is 13.2 Å². The van der Waals surface area contributed by atoms with Gasteiger partial charge in [-0.25, -0.2) is 0 Å². The van der Waals surface area contributed by atoms with E-state index in [1.54, 1.807) is 18.5 Å². The van der Waals surface area contributed by atoms with Crippen LogP contribution in [0.25, 0.3) is 0 Å². The van der Waals surface area contributed by atoms with Crippen molar-refractivity contribution in [1.82, 2.24) is 9.88 Å². The minimum absolute atomic E-state index is 0.232. The Labute approximate surface area is 101 Å². The lowest BCUT2D eigenvalue weighted by Crippen LogP contribution is -2.46. The van der Waals surface area contributed by atoms with Crippen LogP contribution >= 0.6 is 0 Å². The van der Waals surface area contributed by atoms with E-state index in [1.807, 2.05) is 7.05 Å². The molecule has 90 valence electrons. The van der Waals surface area contributed by atoms with Crippen molar-refractivity contribution in [2.45, 2.75) is 6.04 Å². The standard InChI is InChI=1S/C12H15N3O2/c1-15-4-5-16-8-11(15)9-17-12-7-14-3-2-10(12)6-13/h2-3,7,11H,4-5,8-9H2,1H3/t11-/m1/s1. The Balaban J connectivity index is 1.95. The Morgan fingerprint density at radius 1 is 1.71 bits per heavy atom. The molecule has 2 rings (SSSR count). The summed E-state index contributed by atoms with van der Waals surface area (Å²) in [4.78, 5) is 6.16. The third kappa shape index (κ3) is 2.93. The van der Waals surface area contributed by atoms with Crippen LogP contribution in [-0.4, -0.2) is 49.3 Å². The van der Waals surface area contributed by atoms with Crippen molar-refractivity contribution in [3.05, 3.63) is 24.0 Å². The van der Waals surface area contributed by atoms with Crippen molar-refractivity contribution < 1.29 is 9.47 Å². The van der Waals surface area contributed by atoms with E-state index in [9.17, 15) is 0 Å². The van der Waals surface area contributed by atoms with Crippen LogP contribution in [0, 0.1) is 11.3 Å². The molecule has 17 heavy (non-hydrogen) atoms. The van der Waals surface area contributed by atoms with Crippen molar-refractivity contribution in [3.63, 3.8) is 0 Å². The number of nitrogens with zero attached hydrogens (tertiary/aromatic N) is 3. The van der Waals surface area contributed by atoms with Crippen LogP contribution in [0.3, 0.4) is 0 Å². The number of nitriles is 1. The van der Waals surface area contributed by atoms with Gasteiger partial charge in [0, 0.05) is 12.7 Å². The maximum Gasteiger partial charge on any atom is 0.155 e. The molecule has 1 aliphatic rings. The molecule has 0 aliphatic carbocycles. The van der Waals surface area contributed by atoms with Crippen LogP contribution in [0.4, 0.5) is 0 Å². The summed E-state index contributed by atoms with van der Waals surface area (Å²) in [6, 6.07) is 3.97. The van der Waals surface area contributed by atoms with Gasteiger partial charge in [-0.3, -0.25) is 9.88 Å². The fourth-order valence-corrected chi connectivity index (χ4v) is 1.69. The van der Waals surface area contributed by atoms with Crippen molar-refractivity contribution in [2.24, 2.45) is 0 Å². The molecule has 0 amide bonds. The lowest BCUT2D eigenvalue weighted by atomic mass is 10.2. The highest BCUT2D eigenvalue weighted by Gasteiger charge is 2.20. The van der Waals surface area contributed by atoms with Crippen LogP contribution in [0.5, 0.6) is 5.75 Å². The van der Waals surface area contributed by atoms with E-state index >= 15 is 0 Å². The average molecular weight is 233 g/mol. The summed E-state index contributed by atoms with van der Waals surface area (Å²) >= 11 is 0. The fraction of sp³-hybridized carbons (Fsp3) is 0.500. The third-order valence-corrected chi connectivity index (χ3v) is 2.86. The highest BCUT2D eigenvalue weighted by atomic mass is 16.5. The predicted octanol–water partition coefficient (Wildman–Crippen LogP) is 0.663. The number of hydrogen-bond donors (Lipinski definition) is 0. The molecule has 1 aromatic heterocycles. The Morgan fingerprint density at radius 3 is 3.35 bits per heavy atom. The molecule has 0 N–H and O–H groups in total. The van der Waals surface area contributed by atoms with Crippen molar-refractivity contribution in [2.75, 3.05) is 33.4 Å². The first-order valence-electron chi connectivity index (χ1n) is 5.56. The van der Waals surface area contributed by atoms with Crippen molar-refractivity contribution in [3.8, 4) is 11.8 Å². The van der Waals surface area contributed by atoms with Crippen molar-refractivity contribution >= 4 is 0 Å². The van der Waals surface area contributed by atoms with Crippen LogP contribution in [-0.2, 0) is 4.74 Å². The quantitative estimate of drug-likeness (QED) is 0.767. The molecule has 1 fully saturated rings. The number of rotatable bonds is 3. The van der Waals surface area contributed by atoms with Gasteiger partial charge in [-0.05, 0) is 13.1 Å². The zero-order valence-corrected chi connectivity index (χ0v) is 9.80. The molecule has 1 aliphatic heterocycles. The molecular weight excluding hydrogens is 218 g/mol. The number of hydrogen-bond acceptors (Lipinski definition) is 5. The predicted molar refractivity (Wildman–Crippen MR) is 61.7 cm³/mol. The Morgan fingerprint density at radius 2 is 2.59 bits per heavy atom. The number of morpholine rings is 1. The van der Waals surface area contributed by atoms with Gasteiger partial charge in [-0.2, -0.15) is 5.26 Å². The molecule has 1 atom stereocenters. The largest absolute Gasteiger partial charge is 0.489 e. The number of pyridine rings is 1. The van der Waals surface area contributed by atoms with E-state index < -0.39 is 0 Å². The molecule has 2 heterocycles. The minimum Gasteiger partial charge on any atom is -0.489 e. The topological polar surface area (TPSA) is 58.4 Å². The number of likely N-dealkylation sites (N-methyl/N-ethyl adjacent to an activating group) is 1. The minimum atomic E-state index is 0.232. The summed E-state index contributed by atoms with van der Waals surface area (Å²) in [6.45, 7) is 2.85. The molecule has 1 aromatic rings. The smallest absolute Gasteiger partial charge is 0.155 e. The molecule has 0 spiro atoms. The lowest BCUT2D eigenvalue weighted by Gasteiger charge is -2.32. The zero-order valence-electron chi connectivity index (χ0n) is 9.80. The summed E-state index contributed by atoms with van der Waals surface area (Å²) < 4.78 is 11.0. The van der Waals surface area contributed by atoms with Crippen LogP contribution in [0.2, 0.25) is 0 Å². The van der Waals surface area contributed by atoms with Gasteiger partial charge in [0.25, 0.3) is 0 Å². The van der Waals surface area contributed by atoms with Gasteiger partial charge in [-0.15, -0.1) is 0 Å². The van der Waals surface area contributed by atoms with E-state index in [1.165, 1.54) is 0 Å². The van der Waals surface area contributed by atoms with E-state index in [0.29, 0.717) is 24.5 Å². The first kappa shape index (κ1) is 11.8. The highest BCUT2D eigenvalue weighted by molar-refractivity contribution is 5.40. The first-order valence-corrected chi connectivity index (χ1v) is 5.56. The van der Waals surface area contributed by atoms with Crippen molar-refractivity contribution in [1.29, 1.82) is 5.26 Å². The molecular formula is C12H15N3O2. The normalized spacial score (nSPS) is 20.8. The molecule has 0 unspecified atom stereocenters. The summed E-state index contributed by atoms with van der Waals surface area (Å²) in [7, 11) is 2.05. The van der Waals surface area contributed by atoms with E-state index in [2.05, 4.69) is 16.0 Å². The molecule has 5 heteroatoms. The van der Waals surface area contributed by atoms with Crippen LogP contribution in [0.1, 0.15) is 5.56 Å². The molecule has 1 saturated heterocycles. The lowest BCUT2D eigenvalue weighted by molar-refractivity contribution is -0.0108. The SMILES string of the molecule is CN1CCOC[C@@H]1COc1cnccc1C#N. The Hall–Kier alpha value is -1.64. The van der Waals surface area contributed by atoms with Gasteiger partial charge >= 0.3 is 0 Å². The Kier molecular flexibility index (Phi) is 3.91. The van der Waals surface area contributed by atoms with Gasteiger partial charge in [0.1, 0.15) is 12.7 Å². The highest BCUT2D eigenvalue weighted by Crippen LogP contribution is 2.16. The van der Waals surface area contributed by atoms with Gasteiger partial charge in [-0.1, -0.05) is 0 Å². The second kappa shape index (κ2) is 5.62. The maximum absolute atomic E-state index is 8.91. The molecule has 0 aromatic carbocycles. The van der Waals surface area contributed by atoms with Gasteiger partial charge < -0.3 is 9.47 Å². The Bertz CT molecular complexity index is 416. The fourth-order valence-electron chi connectivity index (χ4n) is 1.69. The molecule has 5 nitrogen and oxygen atoms in total. The third-order valence-electron chi connectivity index (χ3n) is 2.86. The molecule has 0 saturated carbocycles. The van der Waals surface area contributed by atoms with Gasteiger partial charge in [0.15, 0.2) is 5.75 Å². The zero-order chi connectivity index (χ0) is 12.1. The summed E-state index contributed by atoms with van der Waals surface area (Å²) in [5.74, 6) is 0.536. The number of ether oxygens (including phenoxy) is 2. The van der Waals surface area contributed by atoms with E-state index in [-0.39, 0.29) is 6.04 Å². The maximum atomic E-state index is 8.91.